The number of rotatable bonds is 9. The predicted molar refractivity (Wildman–Crippen MR) is 130 cm³/mol. The molecule has 1 saturated heterocycles. The van der Waals surface area contributed by atoms with Crippen molar-refractivity contribution in [1.29, 1.82) is 0 Å². The van der Waals surface area contributed by atoms with E-state index in [1.165, 1.54) is 14.1 Å². The number of thiophene rings is 2. The van der Waals surface area contributed by atoms with Gasteiger partial charge in [-0.05, 0) is 28.5 Å². The lowest BCUT2D eigenvalue weighted by atomic mass is 10.2. The third-order valence-electron chi connectivity index (χ3n) is 5.45. The van der Waals surface area contributed by atoms with E-state index >= 15 is 0 Å². The van der Waals surface area contributed by atoms with E-state index in [1.54, 1.807) is 27.6 Å². The van der Waals surface area contributed by atoms with Gasteiger partial charge >= 0.3 is 0 Å². The standard InChI is InChI=1S/C23H27N3O3S3/c27-23(18-24(16-21-8-4-14-30-21)17-22-9-5-15-31-22)25-10-12-26(13-11-25)32(28,29)19-20-6-2-1-3-7-20/h1-9,14-15H,10-13,16-19H2. The molecule has 0 N–H and O–H groups in total. The van der Waals surface area contributed by atoms with Gasteiger partial charge in [-0.3, -0.25) is 9.69 Å². The zero-order chi connectivity index (χ0) is 22.4. The Bertz CT molecular complexity index is 1040. The van der Waals surface area contributed by atoms with Gasteiger partial charge < -0.3 is 4.90 Å². The van der Waals surface area contributed by atoms with E-state index in [0.717, 1.165) is 18.7 Å². The molecule has 0 unspecified atom stereocenters. The Balaban J connectivity index is 1.33. The summed E-state index contributed by atoms with van der Waals surface area (Å²) in [6.45, 7) is 3.33. The lowest BCUT2D eigenvalue weighted by Gasteiger charge is -2.35. The Morgan fingerprint density at radius 3 is 1.97 bits per heavy atom. The summed E-state index contributed by atoms with van der Waals surface area (Å²) >= 11 is 3.39. The summed E-state index contributed by atoms with van der Waals surface area (Å²) in [4.78, 5) is 19.5. The average molecular weight is 490 g/mol. The highest BCUT2D eigenvalue weighted by atomic mass is 32.2. The second kappa shape index (κ2) is 10.7. The molecule has 3 aromatic rings. The number of carbonyl (C=O) groups is 1. The number of hydrogen-bond acceptors (Lipinski definition) is 6. The van der Waals surface area contributed by atoms with Crippen molar-refractivity contribution in [1.82, 2.24) is 14.1 Å². The van der Waals surface area contributed by atoms with Crippen LogP contribution < -0.4 is 0 Å². The molecule has 0 saturated carbocycles. The zero-order valence-corrected chi connectivity index (χ0v) is 20.2. The Morgan fingerprint density at radius 2 is 1.44 bits per heavy atom. The van der Waals surface area contributed by atoms with Gasteiger partial charge in [0.2, 0.25) is 15.9 Å². The molecule has 1 aliphatic heterocycles. The van der Waals surface area contributed by atoms with Gasteiger partial charge in [0.15, 0.2) is 0 Å². The van der Waals surface area contributed by atoms with Crippen LogP contribution in [0.3, 0.4) is 0 Å². The van der Waals surface area contributed by atoms with Crippen LogP contribution in [-0.2, 0) is 33.7 Å². The third-order valence-corrected chi connectivity index (χ3v) is 9.03. The van der Waals surface area contributed by atoms with Crippen LogP contribution in [0.5, 0.6) is 0 Å². The van der Waals surface area contributed by atoms with E-state index in [2.05, 4.69) is 27.8 Å². The van der Waals surface area contributed by atoms with Crippen LogP contribution in [0, 0.1) is 0 Å². The minimum Gasteiger partial charge on any atom is -0.339 e. The van der Waals surface area contributed by atoms with Gasteiger partial charge in [0, 0.05) is 49.0 Å². The van der Waals surface area contributed by atoms with Crippen molar-refractivity contribution in [2.45, 2.75) is 18.8 Å². The summed E-state index contributed by atoms with van der Waals surface area (Å²) in [7, 11) is -3.39. The summed E-state index contributed by atoms with van der Waals surface area (Å²) in [6, 6.07) is 17.5. The van der Waals surface area contributed by atoms with Crippen molar-refractivity contribution in [3.05, 3.63) is 80.7 Å². The number of nitrogens with zero attached hydrogens (tertiary/aromatic N) is 3. The Kier molecular flexibility index (Phi) is 7.75. The van der Waals surface area contributed by atoms with Gasteiger partial charge in [0.1, 0.15) is 0 Å². The summed E-state index contributed by atoms with van der Waals surface area (Å²) in [6.07, 6.45) is 0. The van der Waals surface area contributed by atoms with Crippen LogP contribution in [0.2, 0.25) is 0 Å². The minimum atomic E-state index is -3.39. The molecule has 170 valence electrons. The molecule has 0 spiro atoms. The predicted octanol–water partition coefficient (Wildman–Crippen LogP) is 3.49. The van der Waals surface area contributed by atoms with Crippen LogP contribution in [0.1, 0.15) is 15.3 Å². The van der Waals surface area contributed by atoms with E-state index in [1.807, 2.05) is 42.5 Å². The average Bonchev–Trinajstić information content (AvgIpc) is 3.49. The molecule has 0 atom stereocenters. The van der Waals surface area contributed by atoms with Crippen molar-refractivity contribution in [2.24, 2.45) is 0 Å². The Hall–Kier alpha value is -2.04. The van der Waals surface area contributed by atoms with Crippen molar-refractivity contribution < 1.29 is 13.2 Å². The number of sulfonamides is 1. The fourth-order valence-corrected chi connectivity index (χ4v) is 6.80. The molecule has 6 nitrogen and oxygen atoms in total. The van der Waals surface area contributed by atoms with E-state index < -0.39 is 10.0 Å². The molecule has 1 fully saturated rings. The maximum atomic E-state index is 13.0. The summed E-state index contributed by atoms with van der Waals surface area (Å²) in [5.74, 6) is 0.0511. The van der Waals surface area contributed by atoms with Crippen LogP contribution >= 0.6 is 22.7 Å². The summed E-state index contributed by atoms with van der Waals surface area (Å²) in [5.41, 5.74) is 0.781. The molecular weight excluding hydrogens is 462 g/mol. The summed E-state index contributed by atoms with van der Waals surface area (Å²) < 4.78 is 27.1. The highest BCUT2D eigenvalue weighted by Crippen LogP contribution is 2.18. The first-order valence-corrected chi connectivity index (χ1v) is 13.9. The molecule has 9 heteroatoms. The molecular formula is C23H27N3O3S3. The molecule has 1 aliphatic rings. The van der Waals surface area contributed by atoms with Gasteiger partial charge in [-0.1, -0.05) is 42.5 Å². The maximum Gasteiger partial charge on any atom is 0.236 e. The molecule has 3 heterocycles. The molecule has 2 aromatic heterocycles. The number of hydrogen-bond donors (Lipinski definition) is 0. The second-order valence-electron chi connectivity index (χ2n) is 7.83. The van der Waals surface area contributed by atoms with E-state index in [4.69, 9.17) is 0 Å². The summed E-state index contributed by atoms with van der Waals surface area (Å²) in [5, 5.41) is 4.10. The Morgan fingerprint density at radius 1 is 0.844 bits per heavy atom. The molecule has 0 radical (unpaired) electrons. The third kappa shape index (κ3) is 6.26. The van der Waals surface area contributed by atoms with Crippen LogP contribution in [0.25, 0.3) is 0 Å². The molecule has 1 amide bonds. The van der Waals surface area contributed by atoms with E-state index in [0.29, 0.717) is 32.7 Å². The van der Waals surface area contributed by atoms with E-state index in [9.17, 15) is 13.2 Å². The van der Waals surface area contributed by atoms with Crippen molar-refractivity contribution in [3.63, 3.8) is 0 Å². The fourth-order valence-electron chi connectivity index (χ4n) is 3.80. The zero-order valence-electron chi connectivity index (χ0n) is 17.8. The van der Waals surface area contributed by atoms with Crippen molar-refractivity contribution in [2.75, 3.05) is 32.7 Å². The molecule has 0 aliphatic carbocycles. The first-order chi connectivity index (χ1) is 15.5. The number of piperazine rings is 1. The largest absolute Gasteiger partial charge is 0.339 e. The molecule has 32 heavy (non-hydrogen) atoms. The number of benzene rings is 1. The highest BCUT2D eigenvalue weighted by molar-refractivity contribution is 7.88. The quantitative estimate of drug-likeness (QED) is 0.462. The van der Waals surface area contributed by atoms with Crippen LogP contribution in [0.4, 0.5) is 0 Å². The molecule has 0 bridgehead atoms. The normalized spacial score (nSPS) is 15.3. The first-order valence-electron chi connectivity index (χ1n) is 10.6. The lowest BCUT2D eigenvalue weighted by Crippen LogP contribution is -2.52. The maximum absolute atomic E-state index is 13.0. The minimum absolute atomic E-state index is 0.00279. The molecule has 4 rings (SSSR count). The van der Waals surface area contributed by atoms with Crippen LogP contribution in [0.15, 0.2) is 65.4 Å². The van der Waals surface area contributed by atoms with Crippen molar-refractivity contribution >= 4 is 38.6 Å². The van der Waals surface area contributed by atoms with Gasteiger partial charge in [0.25, 0.3) is 0 Å². The van der Waals surface area contributed by atoms with Gasteiger partial charge in [-0.2, -0.15) is 4.31 Å². The van der Waals surface area contributed by atoms with Gasteiger partial charge in [-0.25, -0.2) is 8.42 Å². The fraction of sp³-hybridized carbons (Fsp3) is 0.348. The van der Waals surface area contributed by atoms with Crippen molar-refractivity contribution in [3.8, 4) is 0 Å². The number of amides is 1. The first kappa shape index (κ1) is 23.1. The van der Waals surface area contributed by atoms with Gasteiger partial charge in [-0.15, -0.1) is 22.7 Å². The van der Waals surface area contributed by atoms with E-state index in [-0.39, 0.29) is 11.7 Å². The van der Waals surface area contributed by atoms with Crippen LogP contribution in [-0.4, -0.2) is 61.2 Å². The second-order valence-corrected chi connectivity index (χ2v) is 11.9. The number of carbonyl (C=O) groups excluding carboxylic acids is 1. The molecule has 1 aromatic carbocycles. The monoisotopic (exact) mass is 489 g/mol. The smallest absolute Gasteiger partial charge is 0.236 e. The lowest BCUT2D eigenvalue weighted by molar-refractivity contribution is -0.133. The highest BCUT2D eigenvalue weighted by Gasteiger charge is 2.29. The SMILES string of the molecule is O=C(CN(Cc1cccs1)Cc1cccs1)N1CCN(S(=O)(=O)Cc2ccccc2)CC1. The Labute approximate surface area is 197 Å². The van der Waals surface area contributed by atoms with Gasteiger partial charge in [0.05, 0.1) is 12.3 Å². The topological polar surface area (TPSA) is 60.9 Å².